The minimum atomic E-state index is -0.871. The van der Waals surface area contributed by atoms with Gasteiger partial charge in [0.2, 0.25) is 0 Å². The Morgan fingerprint density at radius 3 is 1.87 bits per heavy atom. The van der Waals surface area contributed by atoms with Crippen molar-refractivity contribution < 1.29 is 18.4 Å². The summed E-state index contributed by atoms with van der Waals surface area (Å²) in [5.74, 6) is -2.93. The van der Waals surface area contributed by atoms with Gasteiger partial charge in [-0.3, -0.25) is 9.59 Å². The Morgan fingerprint density at radius 2 is 1.43 bits per heavy atom. The second kappa shape index (κ2) is 8.00. The van der Waals surface area contributed by atoms with Crippen molar-refractivity contribution in [3.63, 3.8) is 0 Å². The molecule has 8 heteroatoms. The molecule has 0 aliphatic rings. The van der Waals surface area contributed by atoms with Gasteiger partial charge in [-0.2, -0.15) is 5.26 Å². The van der Waals surface area contributed by atoms with E-state index in [1.165, 1.54) is 24.3 Å². The van der Waals surface area contributed by atoms with E-state index in [4.69, 9.17) is 16.7 Å². The third-order valence-corrected chi connectivity index (χ3v) is 3.05. The van der Waals surface area contributed by atoms with Crippen LogP contribution in [0.1, 0.15) is 26.3 Å². The van der Waals surface area contributed by atoms with Gasteiger partial charge in [-0.25, -0.2) is 8.78 Å². The first-order valence-corrected chi connectivity index (χ1v) is 6.80. The number of carbonyl (C=O) groups excluding carboxylic acids is 2. The van der Waals surface area contributed by atoms with Gasteiger partial charge in [0.1, 0.15) is 11.6 Å². The molecule has 0 saturated carbocycles. The monoisotopic (exact) mass is 381 g/mol. The van der Waals surface area contributed by atoms with E-state index in [2.05, 4.69) is 15.9 Å². The standard InChI is InChI=1S/C8H5FN2O.C7H5BrFNO/c9-7-2-1-5(4-10)3-6(7)8(11)12;8-4-1-2-6(9)5(3-4)7(10)11/h1-3H,(H2,11,12);1-3H,(H2,10,11). The maximum absolute atomic E-state index is 12.7. The van der Waals surface area contributed by atoms with Crippen LogP contribution in [0.3, 0.4) is 0 Å². The van der Waals surface area contributed by atoms with Crippen LogP contribution >= 0.6 is 15.9 Å². The Bertz CT molecular complexity index is 804. The molecule has 2 aromatic carbocycles. The van der Waals surface area contributed by atoms with Gasteiger partial charge in [0.25, 0.3) is 11.8 Å². The molecule has 23 heavy (non-hydrogen) atoms. The summed E-state index contributed by atoms with van der Waals surface area (Å²) in [6, 6.07) is 9.25. The van der Waals surface area contributed by atoms with Gasteiger partial charge in [-0.15, -0.1) is 0 Å². The third-order valence-electron chi connectivity index (χ3n) is 2.55. The maximum Gasteiger partial charge on any atom is 0.251 e. The zero-order valence-electron chi connectivity index (χ0n) is 11.5. The molecule has 0 aliphatic carbocycles. The Hall–Kier alpha value is -2.79. The number of primary amides is 2. The van der Waals surface area contributed by atoms with Gasteiger partial charge < -0.3 is 11.5 Å². The van der Waals surface area contributed by atoms with E-state index in [1.807, 2.05) is 0 Å². The molecule has 5 nitrogen and oxygen atoms in total. The average molecular weight is 382 g/mol. The van der Waals surface area contributed by atoms with Crippen molar-refractivity contribution in [3.05, 3.63) is 69.2 Å². The molecule has 2 rings (SSSR count). The van der Waals surface area contributed by atoms with Crippen molar-refractivity contribution >= 4 is 27.7 Å². The van der Waals surface area contributed by atoms with E-state index in [9.17, 15) is 18.4 Å². The topological polar surface area (TPSA) is 110 Å². The predicted molar refractivity (Wildman–Crippen MR) is 82.3 cm³/mol. The van der Waals surface area contributed by atoms with Crippen molar-refractivity contribution in [2.75, 3.05) is 0 Å². The lowest BCUT2D eigenvalue weighted by Gasteiger charge is -1.97. The Kier molecular flexibility index (Phi) is 6.35. The van der Waals surface area contributed by atoms with Crippen molar-refractivity contribution in [2.24, 2.45) is 11.5 Å². The van der Waals surface area contributed by atoms with E-state index in [0.717, 1.165) is 12.1 Å². The Morgan fingerprint density at radius 1 is 0.957 bits per heavy atom. The molecule has 0 saturated heterocycles. The van der Waals surface area contributed by atoms with Crippen LogP contribution in [0.15, 0.2) is 40.9 Å². The van der Waals surface area contributed by atoms with Crippen LogP contribution in [-0.4, -0.2) is 11.8 Å². The molecule has 0 radical (unpaired) electrons. The summed E-state index contributed by atoms with van der Waals surface area (Å²) < 4.78 is 26.1. The number of hydrogen-bond donors (Lipinski definition) is 2. The molecule has 2 amide bonds. The highest BCUT2D eigenvalue weighted by Gasteiger charge is 2.08. The van der Waals surface area contributed by atoms with Crippen LogP contribution < -0.4 is 11.5 Å². The number of rotatable bonds is 2. The number of hydrogen-bond acceptors (Lipinski definition) is 3. The highest BCUT2D eigenvalue weighted by Crippen LogP contribution is 2.14. The Labute approximate surface area is 138 Å². The number of nitriles is 1. The first kappa shape index (κ1) is 18.3. The molecule has 0 aliphatic heterocycles. The molecule has 0 heterocycles. The first-order valence-electron chi connectivity index (χ1n) is 6.00. The van der Waals surface area contributed by atoms with Crippen LogP contribution in [0.25, 0.3) is 0 Å². The van der Waals surface area contributed by atoms with Gasteiger partial charge in [0.15, 0.2) is 0 Å². The van der Waals surface area contributed by atoms with Gasteiger partial charge in [-0.05, 0) is 36.4 Å². The molecule has 2 aromatic rings. The molecule has 4 N–H and O–H groups in total. The number of carbonyl (C=O) groups is 2. The average Bonchev–Trinajstić information content (AvgIpc) is 2.50. The normalized spacial score (nSPS) is 9.30. The quantitative estimate of drug-likeness (QED) is 0.833. The van der Waals surface area contributed by atoms with Crippen molar-refractivity contribution in [1.82, 2.24) is 0 Å². The van der Waals surface area contributed by atoms with Crippen LogP contribution in [0, 0.1) is 23.0 Å². The molecule has 0 unspecified atom stereocenters. The smallest absolute Gasteiger partial charge is 0.251 e. The lowest BCUT2D eigenvalue weighted by Crippen LogP contribution is -2.13. The second-order valence-electron chi connectivity index (χ2n) is 4.16. The molecule has 0 aromatic heterocycles. The SMILES string of the molecule is N#Cc1ccc(F)c(C(N)=O)c1.NC(=O)c1cc(Br)ccc1F. The molecule has 0 fully saturated rings. The Balaban J connectivity index is 0.000000231. The summed E-state index contributed by atoms with van der Waals surface area (Å²) in [6.45, 7) is 0. The second-order valence-corrected chi connectivity index (χ2v) is 5.07. The summed E-state index contributed by atoms with van der Waals surface area (Å²) in [7, 11) is 0. The molecular weight excluding hydrogens is 372 g/mol. The summed E-state index contributed by atoms with van der Waals surface area (Å²) in [6.07, 6.45) is 0. The number of benzene rings is 2. The van der Waals surface area contributed by atoms with Gasteiger partial charge in [0, 0.05) is 4.47 Å². The van der Waals surface area contributed by atoms with Gasteiger partial charge >= 0.3 is 0 Å². The minimum absolute atomic E-state index is 0.0978. The highest BCUT2D eigenvalue weighted by molar-refractivity contribution is 9.10. The molecule has 0 spiro atoms. The fraction of sp³-hybridized carbons (Fsp3) is 0. The van der Waals surface area contributed by atoms with Crippen molar-refractivity contribution in [1.29, 1.82) is 5.26 Å². The van der Waals surface area contributed by atoms with Crippen LogP contribution in [0.4, 0.5) is 8.78 Å². The van der Waals surface area contributed by atoms with E-state index in [1.54, 1.807) is 6.07 Å². The highest BCUT2D eigenvalue weighted by atomic mass is 79.9. The predicted octanol–water partition coefficient (Wildman–Crippen LogP) is 2.48. The molecule has 0 bridgehead atoms. The van der Waals surface area contributed by atoms with Crippen LogP contribution in [0.2, 0.25) is 0 Å². The number of amides is 2. The first-order chi connectivity index (χ1) is 10.8. The number of nitrogens with zero attached hydrogens (tertiary/aromatic N) is 1. The van der Waals surface area contributed by atoms with Gasteiger partial charge in [0.05, 0.1) is 22.8 Å². The van der Waals surface area contributed by atoms with Crippen molar-refractivity contribution in [3.8, 4) is 6.07 Å². The van der Waals surface area contributed by atoms with Gasteiger partial charge in [-0.1, -0.05) is 15.9 Å². The lowest BCUT2D eigenvalue weighted by molar-refractivity contribution is 0.0987. The van der Waals surface area contributed by atoms with Crippen molar-refractivity contribution in [2.45, 2.75) is 0 Å². The van der Waals surface area contributed by atoms with E-state index in [-0.39, 0.29) is 16.7 Å². The summed E-state index contributed by atoms with van der Waals surface area (Å²) >= 11 is 3.09. The summed E-state index contributed by atoms with van der Waals surface area (Å²) in [5.41, 5.74) is 9.59. The van der Waals surface area contributed by atoms with Crippen LogP contribution in [-0.2, 0) is 0 Å². The van der Waals surface area contributed by atoms with E-state index in [0.29, 0.717) is 4.47 Å². The van der Waals surface area contributed by atoms with E-state index < -0.39 is 23.4 Å². The molecule has 0 atom stereocenters. The molecule has 118 valence electrons. The third kappa shape index (κ3) is 5.16. The largest absolute Gasteiger partial charge is 0.366 e. The number of halogens is 3. The van der Waals surface area contributed by atoms with Crippen LogP contribution in [0.5, 0.6) is 0 Å². The summed E-state index contributed by atoms with van der Waals surface area (Å²) in [5, 5.41) is 8.41. The zero-order valence-corrected chi connectivity index (χ0v) is 13.1. The molecular formula is C15H10BrF2N3O2. The maximum atomic E-state index is 12.7. The summed E-state index contributed by atoms with van der Waals surface area (Å²) in [4.78, 5) is 21.1. The zero-order chi connectivity index (χ0) is 17.6. The lowest BCUT2D eigenvalue weighted by atomic mass is 10.1. The fourth-order valence-corrected chi connectivity index (χ4v) is 1.83. The minimum Gasteiger partial charge on any atom is -0.366 e. The van der Waals surface area contributed by atoms with E-state index >= 15 is 0 Å². The number of nitrogens with two attached hydrogens (primary N) is 2. The fourth-order valence-electron chi connectivity index (χ4n) is 1.47.